The van der Waals surface area contributed by atoms with Crippen LogP contribution < -0.4 is 10.6 Å². The minimum absolute atomic E-state index is 0.0240. The van der Waals surface area contributed by atoms with Crippen LogP contribution in [-0.2, 0) is 11.3 Å². The molecule has 3 N–H and O–H groups in total. The van der Waals surface area contributed by atoms with E-state index in [4.69, 9.17) is 14.7 Å². The third-order valence-corrected chi connectivity index (χ3v) is 7.16. The number of piperidine rings is 1. The summed E-state index contributed by atoms with van der Waals surface area (Å²) < 4.78 is 9.32. The SMILES string of the molecule is Cc1ccn2cc(CNc3cc(NC[C@H]4CCN(C(=O)OC(C)(C)C)C[C@@H]4O)nc4c(C(C)C)cnn34)nc2c1. The van der Waals surface area contributed by atoms with Crippen molar-refractivity contribution in [1.82, 2.24) is 28.9 Å². The lowest BCUT2D eigenvalue weighted by atomic mass is 9.94. The minimum atomic E-state index is -0.657. The number of aromatic nitrogens is 5. The first-order chi connectivity index (χ1) is 19.0. The molecule has 1 saturated heterocycles. The van der Waals surface area contributed by atoms with Gasteiger partial charge in [0.25, 0.3) is 0 Å². The lowest BCUT2D eigenvalue weighted by Gasteiger charge is -2.36. The number of carbonyl (C=O) groups is 1. The number of aliphatic hydroxyl groups excluding tert-OH is 1. The monoisotopic (exact) mass is 548 g/mol. The van der Waals surface area contributed by atoms with Crippen LogP contribution >= 0.6 is 0 Å². The summed E-state index contributed by atoms with van der Waals surface area (Å²) in [6, 6.07) is 6.06. The number of hydrogen-bond donors (Lipinski definition) is 3. The molecule has 1 fully saturated rings. The van der Waals surface area contributed by atoms with Gasteiger partial charge >= 0.3 is 6.09 Å². The smallest absolute Gasteiger partial charge is 0.410 e. The number of fused-ring (bicyclic) bond motifs is 2. The molecule has 11 heteroatoms. The second-order valence-corrected chi connectivity index (χ2v) is 12.0. The van der Waals surface area contributed by atoms with Gasteiger partial charge in [0.2, 0.25) is 0 Å². The Balaban J connectivity index is 1.30. The summed E-state index contributed by atoms with van der Waals surface area (Å²) in [6.45, 7) is 13.7. The number of amides is 1. The molecule has 214 valence electrons. The van der Waals surface area contributed by atoms with Gasteiger partial charge in [0, 0.05) is 43.0 Å². The number of aryl methyl sites for hydroxylation is 1. The molecule has 0 unspecified atom stereocenters. The molecule has 0 bridgehead atoms. The van der Waals surface area contributed by atoms with Gasteiger partial charge in [-0.25, -0.2) is 14.8 Å². The summed E-state index contributed by atoms with van der Waals surface area (Å²) in [5.41, 5.74) is 4.28. The largest absolute Gasteiger partial charge is 0.444 e. The third-order valence-electron chi connectivity index (χ3n) is 7.16. The highest BCUT2D eigenvalue weighted by Crippen LogP contribution is 2.26. The normalized spacial score (nSPS) is 18.1. The molecule has 1 aliphatic heterocycles. The van der Waals surface area contributed by atoms with Crippen LogP contribution in [0, 0.1) is 12.8 Å². The van der Waals surface area contributed by atoms with Crippen molar-refractivity contribution in [2.75, 3.05) is 30.3 Å². The fourth-order valence-corrected chi connectivity index (χ4v) is 4.95. The van der Waals surface area contributed by atoms with Gasteiger partial charge in [0.05, 0.1) is 31.1 Å². The predicted octanol–water partition coefficient (Wildman–Crippen LogP) is 4.45. The molecule has 2 atom stereocenters. The van der Waals surface area contributed by atoms with E-state index in [2.05, 4.69) is 48.6 Å². The molecule has 5 heterocycles. The minimum Gasteiger partial charge on any atom is -0.444 e. The maximum atomic E-state index is 12.4. The first kappa shape index (κ1) is 27.7. The zero-order valence-corrected chi connectivity index (χ0v) is 24.2. The first-order valence-electron chi connectivity index (χ1n) is 13.9. The molecule has 0 spiro atoms. The molecule has 0 saturated carbocycles. The van der Waals surface area contributed by atoms with E-state index in [1.807, 2.05) is 54.3 Å². The maximum absolute atomic E-state index is 12.4. The Morgan fingerprint density at radius 1 is 1.23 bits per heavy atom. The van der Waals surface area contributed by atoms with Crippen LogP contribution in [0.1, 0.15) is 63.8 Å². The molecule has 1 aliphatic rings. The van der Waals surface area contributed by atoms with Gasteiger partial charge in [-0.15, -0.1) is 0 Å². The summed E-state index contributed by atoms with van der Waals surface area (Å²) in [7, 11) is 0. The van der Waals surface area contributed by atoms with Gasteiger partial charge in [-0.05, 0) is 57.7 Å². The Labute approximate surface area is 234 Å². The highest BCUT2D eigenvalue weighted by molar-refractivity contribution is 5.68. The lowest BCUT2D eigenvalue weighted by Crippen LogP contribution is -2.49. The Hall–Kier alpha value is -3.86. The zero-order chi connectivity index (χ0) is 28.6. The van der Waals surface area contributed by atoms with Gasteiger partial charge < -0.3 is 29.8 Å². The van der Waals surface area contributed by atoms with Crippen LogP contribution in [0.15, 0.2) is 36.8 Å². The Bertz CT molecular complexity index is 1500. The fraction of sp³-hybridized carbons (Fsp3) is 0.517. The molecular weight excluding hydrogens is 508 g/mol. The van der Waals surface area contributed by atoms with E-state index in [0.717, 1.165) is 28.4 Å². The van der Waals surface area contributed by atoms with Crippen molar-refractivity contribution >= 4 is 29.0 Å². The molecular formula is C29H40N8O3. The molecule has 5 rings (SSSR count). The predicted molar refractivity (Wildman–Crippen MR) is 155 cm³/mol. The molecule has 0 radical (unpaired) electrons. The molecule has 40 heavy (non-hydrogen) atoms. The van der Waals surface area contributed by atoms with Crippen LogP contribution in [0.25, 0.3) is 11.3 Å². The lowest BCUT2D eigenvalue weighted by molar-refractivity contribution is -0.0104. The Kier molecular flexibility index (Phi) is 7.59. The van der Waals surface area contributed by atoms with Crippen molar-refractivity contribution in [2.24, 2.45) is 5.92 Å². The van der Waals surface area contributed by atoms with E-state index in [1.165, 1.54) is 5.56 Å². The number of ether oxygens (including phenoxy) is 1. The molecule has 0 aromatic carbocycles. The van der Waals surface area contributed by atoms with Crippen LogP contribution in [0.2, 0.25) is 0 Å². The summed E-state index contributed by atoms with van der Waals surface area (Å²) in [5, 5.41) is 22.4. The summed E-state index contributed by atoms with van der Waals surface area (Å²) in [4.78, 5) is 23.6. The van der Waals surface area contributed by atoms with Gasteiger partial charge in [0.15, 0.2) is 5.65 Å². The number of likely N-dealkylation sites (tertiary alicyclic amines) is 1. The number of aliphatic hydroxyl groups is 1. The molecule has 0 aliphatic carbocycles. The number of rotatable bonds is 7. The Morgan fingerprint density at radius 3 is 2.75 bits per heavy atom. The topological polar surface area (TPSA) is 121 Å². The van der Waals surface area contributed by atoms with Gasteiger partial charge in [-0.1, -0.05) is 13.8 Å². The van der Waals surface area contributed by atoms with Gasteiger partial charge in [0.1, 0.15) is 22.9 Å². The van der Waals surface area contributed by atoms with Crippen LogP contribution in [0.3, 0.4) is 0 Å². The van der Waals surface area contributed by atoms with Crippen LogP contribution in [0.5, 0.6) is 0 Å². The number of β-amino-alcohol motifs (C(OH)–C–C–N with tert-alkyl or cyclic N) is 1. The molecule has 1 amide bonds. The van der Waals surface area contributed by atoms with Crippen LogP contribution in [0.4, 0.5) is 16.4 Å². The summed E-state index contributed by atoms with van der Waals surface area (Å²) in [5.74, 6) is 1.73. The third kappa shape index (κ3) is 6.14. The summed E-state index contributed by atoms with van der Waals surface area (Å²) in [6.07, 6.45) is 5.53. The standard InChI is InChI=1S/C29H40N8O3/c1-18(2)22-15-32-37-25(31-14-21-16-35-9-7-19(3)11-26(35)33-21)12-24(34-27(22)37)30-13-20-8-10-36(17-23(20)38)28(39)40-29(4,5)6/h7,9,11-12,15-16,18,20,23,31,38H,8,10,13-14,17H2,1-6H3,(H,30,34)/t20-,23+/m1/s1. The molecule has 4 aromatic heterocycles. The second kappa shape index (κ2) is 11.0. The summed E-state index contributed by atoms with van der Waals surface area (Å²) >= 11 is 0. The number of carbonyl (C=O) groups excluding carboxylic acids is 1. The number of imidazole rings is 1. The van der Waals surface area contributed by atoms with E-state index in [0.29, 0.717) is 31.9 Å². The van der Waals surface area contributed by atoms with E-state index >= 15 is 0 Å². The van der Waals surface area contributed by atoms with Crippen molar-refractivity contribution in [3.63, 3.8) is 0 Å². The van der Waals surface area contributed by atoms with Gasteiger partial charge in [-0.2, -0.15) is 9.61 Å². The van der Waals surface area contributed by atoms with Crippen molar-refractivity contribution < 1.29 is 14.6 Å². The highest BCUT2D eigenvalue weighted by atomic mass is 16.6. The second-order valence-electron chi connectivity index (χ2n) is 12.0. The van der Waals surface area contributed by atoms with Crippen LogP contribution in [-0.4, -0.2) is 71.4 Å². The number of nitrogens with one attached hydrogen (secondary N) is 2. The first-order valence-corrected chi connectivity index (χ1v) is 13.9. The van der Waals surface area contributed by atoms with Crippen molar-refractivity contribution in [3.05, 3.63) is 53.6 Å². The average Bonchev–Trinajstić information content (AvgIpc) is 3.49. The average molecular weight is 549 g/mol. The van der Waals surface area contributed by atoms with Gasteiger partial charge in [-0.3, -0.25) is 0 Å². The van der Waals surface area contributed by atoms with E-state index in [9.17, 15) is 9.90 Å². The number of nitrogens with zero attached hydrogens (tertiary/aromatic N) is 6. The zero-order valence-electron chi connectivity index (χ0n) is 24.2. The fourth-order valence-electron chi connectivity index (χ4n) is 4.95. The quantitative estimate of drug-likeness (QED) is 0.310. The number of hydrogen-bond acceptors (Lipinski definition) is 8. The van der Waals surface area contributed by atoms with Crippen molar-refractivity contribution in [3.8, 4) is 0 Å². The Morgan fingerprint density at radius 2 is 2.02 bits per heavy atom. The van der Waals surface area contributed by atoms with E-state index < -0.39 is 11.7 Å². The van der Waals surface area contributed by atoms with Crippen molar-refractivity contribution in [1.29, 1.82) is 0 Å². The van der Waals surface area contributed by atoms with E-state index in [-0.39, 0.29) is 24.5 Å². The molecule has 4 aromatic rings. The maximum Gasteiger partial charge on any atom is 0.410 e. The number of pyridine rings is 1. The highest BCUT2D eigenvalue weighted by Gasteiger charge is 2.32. The number of anilines is 2. The van der Waals surface area contributed by atoms with Crippen molar-refractivity contribution in [2.45, 2.75) is 72.1 Å². The van der Waals surface area contributed by atoms with E-state index in [1.54, 1.807) is 4.90 Å². The molecule has 11 nitrogen and oxygen atoms in total.